The topological polar surface area (TPSA) is 82.1 Å². The maximum Gasteiger partial charge on any atom is 0.322 e. The molecule has 3 amide bonds. The van der Waals surface area contributed by atoms with Crippen LogP contribution in [0.3, 0.4) is 0 Å². The molecule has 0 unspecified atom stereocenters. The van der Waals surface area contributed by atoms with E-state index in [1.54, 1.807) is 18.1 Å². The smallest absolute Gasteiger partial charge is 0.322 e. The molecular formula is C29H26FN3O4. The number of urea groups is 1. The maximum absolute atomic E-state index is 14.0. The Kier molecular flexibility index (Phi) is 6.80. The first-order valence-electron chi connectivity index (χ1n) is 12.0. The van der Waals surface area contributed by atoms with Crippen molar-refractivity contribution in [2.45, 2.75) is 18.0 Å². The number of nitrogens with zero attached hydrogens (tertiary/aromatic N) is 2. The zero-order valence-electron chi connectivity index (χ0n) is 20.2. The van der Waals surface area contributed by atoms with Gasteiger partial charge in [0, 0.05) is 23.6 Å². The van der Waals surface area contributed by atoms with Gasteiger partial charge in [-0.2, -0.15) is 0 Å². The number of methoxy groups -OCH3 is 1. The molecule has 5 rings (SSSR count). The summed E-state index contributed by atoms with van der Waals surface area (Å²) in [5, 5.41) is 12.6. The molecule has 0 radical (unpaired) electrons. The fourth-order valence-electron chi connectivity index (χ4n) is 5.02. The number of carbonyl (C=O) groups excluding carboxylic acids is 2. The van der Waals surface area contributed by atoms with Gasteiger partial charge >= 0.3 is 6.03 Å². The highest BCUT2D eigenvalue weighted by molar-refractivity contribution is 5.94. The number of carbonyl (C=O) groups is 2. The van der Waals surface area contributed by atoms with E-state index in [-0.39, 0.29) is 49.3 Å². The van der Waals surface area contributed by atoms with Gasteiger partial charge in [0.05, 0.1) is 31.5 Å². The number of rotatable bonds is 4. The summed E-state index contributed by atoms with van der Waals surface area (Å²) in [5.41, 5.74) is 2.72. The van der Waals surface area contributed by atoms with Crippen LogP contribution in [0.2, 0.25) is 0 Å². The zero-order chi connectivity index (χ0) is 25.9. The van der Waals surface area contributed by atoms with Gasteiger partial charge in [-0.15, -0.1) is 0 Å². The number of piperazine rings is 1. The van der Waals surface area contributed by atoms with Crippen LogP contribution in [-0.2, 0) is 4.79 Å². The summed E-state index contributed by atoms with van der Waals surface area (Å²) in [7, 11) is 1.62. The van der Waals surface area contributed by atoms with Crippen LogP contribution in [0.25, 0.3) is 0 Å². The van der Waals surface area contributed by atoms with E-state index in [1.165, 1.54) is 23.1 Å². The lowest BCUT2D eigenvalue weighted by Crippen LogP contribution is -2.73. The molecule has 37 heavy (non-hydrogen) atoms. The Balaban J connectivity index is 1.30. The molecule has 2 N–H and O–H groups in total. The number of aliphatic hydroxyl groups is 1. The van der Waals surface area contributed by atoms with E-state index in [2.05, 4.69) is 17.2 Å². The third kappa shape index (κ3) is 4.86. The first-order chi connectivity index (χ1) is 18.0. The molecule has 2 saturated heterocycles. The van der Waals surface area contributed by atoms with Crippen molar-refractivity contribution in [3.63, 3.8) is 0 Å². The van der Waals surface area contributed by atoms with Gasteiger partial charge in [0.2, 0.25) is 5.91 Å². The van der Waals surface area contributed by atoms with E-state index in [9.17, 15) is 19.1 Å². The summed E-state index contributed by atoms with van der Waals surface area (Å²) in [5.74, 6) is 6.12. The van der Waals surface area contributed by atoms with Crippen LogP contribution in [0, 0.1) is 17.7 Å². The number of halogens is 1. The number of fused-ring (bicyclic) bond motifs is 1. The third-order valence-electron chi connectivity index (χ3n) is 6.89. The van der Waals surface area contributed by atoms with E-state index in [1.807, 2.05) is 48.5 Å². The van der Waals surface area contributed by atoms with Gasteiger partial charge in [0.1, 0.15) is 18.1 Å². The van der Waals surface area contributed by atoms with Crippen LogP contribution in [0.5, 0.6) is 5.75 Å². The van der Waals surface area contributed by atoms with Crippen molar-refractivity contribution in [3.8, 4) is 17.6 Å². The van der Waals surface area contributed by atoms with Crippen molar-refractivity contribution >= 4 is 17.6 Å². The highest BCUT2D eigenvalue weighted by atomic mass is 19.1. The Morgan fingerprint density at radius 2 is 1.70 bits per heavy atom. The summed E-state index contributed by atoms with van der Waals surface area (Å²) < 4.78 is 19.2. The van der Waals surface area contributed by atoms with Crippen molar-refractivity contribution in [2.75, 3.05) is 32.1 Å². The number of nitrogens with one attached hydrogen (secondary N) is 1. The van der Waals surface area contributed by atoms with Gasteiger partial charge in [0.25, 0.3) is 0 Å². The molecule has 0 spiro atoms. The Morgan fingerprint density at radius 3 is 2.32 bits per heavy atom. The van der Waals surface area contributed by atoms with Crippen LogP contribution < -0.4 is 10.1 Å². The molecule has 3 aromatic carbocycles. The maximum atomic E-state index is 14.0. The number of hydrogen-bond donors (Lipinski definition) is 2. The highest BCUT2D eigenvalue weighted by Crippen LogP contribution is 2.43. The lowest BCUT2D eigenvalue weighted by atomic mass is 9.73. The van der Waals surface area contributed by atoms with Crippen LogP contribution in [0.1, 0.15) is 22.6 Å². The molecule has 7 nitrogen and oxygen atoms in total. The van der Waals surface area contributed by atoms with Gasteiger partial charge in [0.15, 0.2) is 0 Å². The minimum atomic E-state index is -0.544. The number of aliphatic hydroxyl groups excluding tert-OH is 1. The quantitative estimate of drug-likeness (QED) is 0.539. The Bertz CT molecular complexity index is 1360. The molecular weight excluding hydrogens is 473 g/mol. The fourth-order valence-corrected chi connectivity index (χ4v) is 5.02. The molecule has 2 aliphatic rings. The second-order valence-corrected chi connectivity index (χ2v) is 9.04. The second kappa shape index (κ2) is 10.3. The van der Waals surface area contributed by atoms with E-state index in [0.717, 1.165) is 22.4 Å². The number of hydrogen-bond acceptors (Lipinski definition) is 4. The minimum Gasteiger partial charge on any atom is -0.497 e. The standard InChI is InChI=1S/C29H26FN3O4/c1-37-22-14-10-20(11-15-22)7-6-19-8-12-21(13-9-19)28-25-16-32(17-27(35)33(25)26(28)18-34)29(36)31-24-5-3-2-4-23(24)30/h2-5,8-15,25-26,28,34H,16-18H2,1H3,(H,31,36)/t25-,26-,28+/m0/s1. The van der Waals surface area contributed by atoms with Crippen LogP contribution >= 0.6 is 0 Å². The van der Waals surface area contributed by atoms with Crippen LogP contribution in [0.15, 0.2) is 72.8 Å². The van der Waals surface area contributed by atoms with Crippen molar-refractivity contribution < 1.29 is 23.8 Å². The predicted octanol–water partition coefficient (Wildman–Crippen LogP) is 3.44. The molecule has 3 atom stereocenters. The molecule has 0 aliphatic carbocycles. The summed E-state index contributed by atoms with van der Waals surface area (Å²) in [6, 6.07) is 20.0. The lowest BCUT2D eigenvalue weighted by molar-refractivity contribution is -0.159. The normalized spacial score (nSPS) is 20.3. The fraction of sp³-hybridized carbons (Fsp3) is 0.241. The molecule has 0 saturated carbocycles. The summed E-state index contributed by atoms with van der Waals surface area (Å²) in [4.78, 5) is 28.7. The van der Waals surface area contributed by atoms with Crippen molar-refractivity contribution in [3.05, 3.63) is 95.3 Å². The summed E-state index contributed by atoms with van der Waals surface area (Å²) >= 11 is 0. The largest absolute Gasteiger partial charge is 0.497 e. The molecule has 8 heteroatoms. The number of ether oxygens (including phenoxy) is 1. The number of para-hydroxylation sites is 1. The van der Waals surface area contributed by atoms with E-state index < -0.39 is 11.8 Å². The Hall–Kier alpha value is -4.35. The average Bonchev–Trinajstić information content (AvgIpc) is 2.91. The summed E-state index contributed by atoms with van der Waals surface area (Å²) in [6.07, 6.45) is 0. The van der Waals surface area contributed by atoms with Crippen LogP contribution in [-0.4, -0.2) is 65.7 Å². The number of benzene rings is 3. The van der Waals surface area contributed by atoms with Crippen molar-refractivity contribution in [1.29, 1.82) is 0 Å². The molecule has 2 aliphatic heterocycles. The molecule has 188 valence electrons. The highest BCUT2D eigenvalue weighted by Gasteiger charge is 2.54. The SMILES string of the molecule is COc1ccc(C#Cc2ccc([C@H]3[C@H](CO)N4C(=O)CN(C(=O)Nc5ccccc5F)C[C@@H]34)cc2)cc1. The van der Waals surface area contributed by atoms with E-state index in [4.69, 9.17) is 4.74 Å². The van der Waals surface area contributed by atoms with Crippen LogP contribution in [0.4, 0.5) is 14.9 Å². The van der Waals surface area contributed by atoms with Crippen molar-refractivity contribution in [2.24, 2.45) is 0 Å². The van der Waals surface area contributed by atoms with Gasteiger partial charge in [-0.1, -0.05) is 36.1 Å². The Labute approximate surface area is 214 Å². The minimum absolute atomic E-state index is 0.0621. The van der Waals surface area contributed by atoms with E-state index >= 15 is 0 Å². The summed E-state index contributed by atoms with van der Waals surface area (Å²) in [6.45, 7) is -0.0144. The predicted molar refractivity (Wildman–Crippen MR) is 137 cm³/mol. The first kappa shape index (κ1) is 24.3. The third-order valence-corrected chi connectivity index (χ3v) is 6.89. The van der Waals surface area contributed by atoms with Gasteiger partial charge in [-0.05, 0) is 54.1 Å². The molecule has 0 aromatic heterocycles. The van der Waals surface area contributed by atoms with Gasteiger partial charge < -0.3 is 25.0 Å². The average molecular weight is 500 g/mol. The Morgan fingerprint density at radius 1 is 1.05 bits per heavy atom. The van der Waals surface area contributed by atoms with E-state index in [0.29, 0.717) is 0 Å². The zero-order valence-corrected chi connectivity index (χ0v) is 20.2. The monoisotopic (exact) mass is 499 g/mol. The van der Waals surface area contributed by atoms with Gasteiger partial charge in [-0.3, -0.25) is 4.79 Å². The number of amides is 3. The lowest BCUT2D eigenvalue weighted by Gasteiger charge is -2.58. The van der Waals surface area contributed by atoms with Crippen molar-refractivity contribution in [1.82, 2.24) is 9.80 Å². The second-order valence-electron chi connectivity index (χ2n) is 9.04. The molecule has 3 aromatic rings. The molecule has 2 heterocycles. The first-order valence-corrected chi connectivity index (χ1v) is 12.0. The molecule has 2 fully saturated rings. The van der Waals surface area contributed by atoms with Gasteiger partial charge in [-0.25, -0.2) is 9.18 Å². The number of anilines is 1. The molecule has 0 bridgehead atoms.